The molecule has 7 heteroatoms. The van der Waals surface area contributed by atoms with Crippen LogP contribution in [0.3, 0.4) is 0 Å². The molecule has 1 fully saturated rings. The molecule has 2 rings (SSSR count). The summed E-state index contributed by atoms with van der Waals surface area (Å²) in [7, 11) is -1.55. The molecule has 2 N–H and O–H groups in total. The molecule has 23 heavy (non-hydrogen) atoms. The van der Waals surface area contributed by atoms with E-state index in [1.54, 1.807) is 19.2 Å². The smallest absolute Gasteiger partial charge is 0.175 e. The molecule has 0 aromatic heterocycles. The number of nitrogens with zero attached hydrogens (tertiary/aromatic N) is 1. The number of benzene rings is 1. The number of methoxy groups -OCH3 is 1. The number of likely N-dealkylation sites (tertiary alicyclic amines) is 1. The summed E-state index contributed by atoms with van der Waals surface area (Å²) in [5, 5.41) is 13.2. The highest BCUT2D eigenvalue weighted by molar-refractivity contribution is 7.90. The van der Waals surface area contributed by atoms with Crippen LogP contribution in [0.2, 0.25) is 0 Å². The quantitative estimate of drug-likeness (QED) is 0.769. The van der Waals surface area contributed by atoms with Gasteiger partial charge in [-0.1, -0.05) is 0 Å². The first kappa shape index (κ1) is 18.2. The van der Waals surface area contributed by atoms with Gasteiger partial charge in [-0.2, -0.15) is 0 Å². The van der Waals surface area contributed by atoms with Crippen molar-refractivity contribution in [3.63, 3.8) is 0 Å². The normalized spacial score (nSPS) is 18.7. The summed E-state index contributed by atoms with van der Waals surface area (Å²) < 4.78 is 27.8. The van der Waals surface area contributed by atoms with E-state index in [0.29, 0.717) is 24.1 Å². The summed E-state index contributed by atoms with van der Waals surface area (Å²) in [5.74, 6) is 0. The Morgan fingerprint density at radius 3 is 2.43 bits per heavy atom. The number of piperidine rings is 1. The van der Waals surface area contributed by atoms with E-state index >= 15 is 0 Å². The van der Waals surface area contributed by atoms with E-state index in [0.717, 1.165) is 31.6 Å². The number of β-amino-alcohol motifs (C(OH)–C–C–N with tert-alkyl or cyclic N) is 1. The van der Waals surface area contributed by atoms with Crippen molar-refractivity contribution in [1.82, 2.24) is 4.90 Å². The molecule has 1 aliphatic heterocycles. The van der Waals surface area contributed by atoms with Gasteiger partial charge in [-0.05, 0) is 37.1 Å². The molecule has 1 atom stereocenters. The van der Waals surface area contributed by atoms with Crippen LogP contribution in [0.5, 0.6) is 0 Å². The van der Waals surface area contributed by atoms with Crippen LogP contribution in [0.15, 0.2) is 29.2 Å². The van der Waals surface area contributed by atoms with E-state index in [4.69, 9.17) is 4.74 Å². The van der Waals surface area contributed by atoms with Crippen molar-refractivity contribution in [3.8, 4) is 0 Å². The molecule has 1 saturated heterocycles. The van der Waals surface area contributed by atoms with Crippen LogP contribution in [-0.2, 0) is 14.6 Å². The van der Waals surface area contributed by atoms with E-state index in [1.807, 2.05) is 12.1 Å². The second-order valence-electron chi connectivity index (χ2n) is 6.12. The summed E-state index contributed by atoms with van der Waals surface area (Å²) in [4.78, 5) is 2.58. The number of anilines is 1. The number of hydrogen-bond donors (Lipinski definition) is 2. The van der Waals surface area contributed by atoms with Crippen molar-refractivity contribution < 1.29 is 18.3 Å². The second-order valence-corrected chi connectivity index (χ2v) is 8.14. The average Bonchev–Trinajstić information content (AvgIpc) is 2.49. The molecular formula is C16H26N2O4S. The third-order valence-electron chi connectivity index (χ3n) is 4.07. The van der Waals surface area contributed by atoms with Gasteiger partial charge in [0.25, 0.3) is 0 Å². The van der Waals surface area contributed by atoms with Gasteiger partial charge in [0.05, 0.1) is 17.6 Å². The molecule has 0 saturated carbocycles. The fraction of sp³-hybridized carbons (Fsp3) is 0.625. The Kier molecular flexibility index (Phi) is 6.41. The largest absolute Gasteiger partial charge is 0.389 e. The predicted octanol–water partition coefficient (Wildman–Crippen LogP) is 0.974. The summed E-state index contributed by atoms with van der Waals surface area (Å²) in [6.45, 7) is 2.87. The van der Waals surface area contributed by atoms with Crippen molar-refractivity contribution in [3.05, 3.63) is 24.3 Å². The van der Waals surface area contributed by atoms with Gasteiger partial charge in [0.1, 0.15) is 0 Å². The SMILES string of the molecule is COCC(O)CN1CCC(Nc2ccc(S(C)(=O)=O)cc2)CC1. The van der Waals surface area contributed by atoms with E-state index in [1.165, 1.54) is 6.26 Å². The molecule has 0 spiro atoms. The highest BCUT2D eigenvalue weighted by atomic mass is 32.2. The van der Waals surface area contributed by atoms with Crippen molar-refractivity contribution in [2.45, 2.75) is 29.9 Å². The third-order valence-corrected chi connectivity index (χ3v) is 5.20. The maximum Gasteiger partial charge on any atom is 0.175 e. The number of hydrogen-bond acceptors (Lipinski definition) is 6. The van der Waals surface area contributed by atoms with Gasteiger partial charge < -0.3 is 20.1 Å². The monoisotopic (exact) mass is 342 g/mol. The fourth-order valence-corrected chi connectivity index (χ4v) is 3.47. The van der Waals surface area contributed by atoms with Gasteiger partial charge in [-0.15, -0.1) is 0 Å². The number of rotatable bonds is 7. The van der Waals surface area contributed by atoms with E-state index in [2.05, 4.69) is 10.2 Å². The van der Waals surface area contributed by atoms with Crippen LogP contribution in [0, 0.1) is 0 Å². The van der Waals surface area contributed by atoms with Gasteiger partial charge >= 0.3 is 0 Å². The lowest BCUT2D eigenvalue weighted by atomic mass is 10.0. The Morgan fingerprint density at radius 2 is 1.91 bits per heavy atom. The highest BCUT2D eigenvalue weighted by Crippen LogP contribution is 2.19. The van der Waals surface area contributed by atoms with Gasteiger partial charge in [0.2, 0.25) is 0 Å². The lowest BCUT2D eigenvalue weighted by molar-refractivity contribution is 0.0327. The van der Waals surface area contributed by atoms with E-state index in [9.17, 15) is 13.5 Å². The molecule has 0 aliphatic carbocycles. The predicted molar refractivity (Wildman–Crippen MR) is 90.5 cm³/mol. The Labute approximate surface area is 138 Å². The van der Waals surface area contributed by atoms with Gasteiger partial charge in [-0.25, -0.2) is 8.42 Å². The minimum Gasteiger partial charge on any atom is -0.389 e. The van der Waals surface area contributed by atoms with Gasteiger partial charge in [0.15, 0.2) is 9.84 Å². The average molecular weight is 342 g/mol. The molecule has 1 heterocycles. The molecule has 0 bridgehead atoms. The summed E-state index contributed by atoms with van der Waals surface area (Å²) >= 11 is 0. The Hall–Kier alpha value is -1.15. The number of ether oxygens (including phenoxy) is 1. The summed E-state index contributed by atoms with van der Waals surface area (Å²) in [5.41, 5.74) is 0.940. The molecule has 1 unspecified atom stereocenters. The Morgan fingerprint density at radius 1 is 1.30 bits per heavy atom. The lowest BCUT2D eigenvalue weighted by Crippen LogP contribution is -2.43. The topological polar surface area (TPSA) is 78.9 Å². The zero-order chi connectivity index (χ0) is 16.9. The molecule has 6 nitrogen and oxygen atoms in total. The highest BCUT2D eigenvalue weighted by Gasteiger charge is 2.21. The van der Waals surface area contributed by atoms with Crippen molar-refractivity contribution in [1.29, 1.82) is 0 Å². The minimum absolute atomic E-state index is 0.338. The molecule has 1 aliphatic rings. The second kappa shape index (κ2) is 8.10. The summed E-state index contributed by atoms with van der Waals surface area (Å²) in [6, 6.07) is 7.26. The maximum absolute atomic E-state index is 11.4. The van der Waals surface area contributed by atoms with E-state index < -0.39 is 15.9 Å². The maximum atomic E-state index is 11.4. The molecule has 1 aromatic rings. The first-order valence-corrected chi connectivity index (χ1v) is 9.73. The number of nitrogens with one attached hydrogen (secondary N) is 1. The van der Waals surface area contributed by atoms with Gasteiger partial charge in [0, 0.05) is 44.7 Å². The standard InChI is InChI=1S/C16H26N2O4S/c1-22-12-15(19)11-18-9-7-14(8-10-18)17-13-3-5-16(6-4-13)23(2,20)21/h3-6,14-15,17,19H,7-12H2,1-2H3. The molecule has 0 radical (unpaired) electrons. The molecule has 1 aromatic carbocycles. The first-order valence-electron chi connectivity index (χ1n) is 7.84. The van der Waals surface area contributed by atoms with E-state index in [-0.39, 0.29) is 0 Å². The lowest BCUT2D eigenvalue weighted by Gasteiger charge is -2.33. The van der Waals surface area contributed by atoms with Crippen LogP contribution in [0.1, 0.15) is 12.8 Å². The summed E-state index contributed by atoms with van der Waals surface area (Å²) in [6.07, 6.45) is 2.76. The minimum atomic E-state index is -3.14. The third kappa shape index (κ3) is 5.76. The zero-order valence-corrected chi connectivity index (χ0v) is 14.6. The van der Waals surface area contributed by atoms with Crippen LogP contribution < -0.4 is 5.32 Å². The van der Waals surface area contributed by atoms with Crippen molar-refractivity contribution >= 4 is 15.5 Å². The van der Waals surface area contributed by atoms with Crippen LogP contribution >= 0.6 is 0 Å². The fourth-order valence-electron chi connectivity index (χ4n) is 2.84. The van der Waals surface area contributed by atoms with Crippen molar-refractivity contribution in [2.75, 3.05) is 44.9 Å². The van der Waals surface area contributed by atoms with Crippen molar-refractivity contribution in [2.24, 2.45) is 0 Å². The Bertz CT molecular complexity index is 581. The molecule has 130 valence electrons. The Balaban J connectivity index is 1.80. The molecule has 0 amide bonds. The zero-order valence-electron chi connectivity index (χ0n) is 13.7. The van der Waals surface area contributed by atoms with Crippen LogP contribution in [-0.4, -0.2) is 70.2 Å². The first-order chi connectivity index (χ1) is 10.9. The number of aliphatic hydroxyl groups excluding tert-OH is 1. The van der Waals surface area contributed by atoms with Crippen LogP contribution in [0.4, 0.5) is 5.69 Å². The molecular weight excluding hydrogens is 316 g/mol. The number of sulfone groups is 1. The van der Waals surface area contributed by atoms with Crippen LogP contribution in [0.25, 0.3) is 0 Å². The number of aliphatic hydroxyl groups is 1. The van der Waals surface area contributed by atoms with Gasteiger partial charge in [-0.3, -0.25) is 0 Å².